The van der Waals surface area contributed by atoms with Gasteiger partial charge in [-0.3, -0.25) is 9.59 Å². The van der Waals surface area contributed by atoms with Crippen molar-refractivity contribution in [3.05, 3.63) is 34.3 Å². The summed E-state index contributed by atoms with van der Waals surface area (Å²) in [6.45, 7) is 2.85. The van der Waals surface area contributed by atoms with E-state index in [-0.39, 0.29) is 18.2 Å². The van der Waals surface area contributed by atoms with Crippen LogP contribution in [-0.4, -0.2) is 31.3 Å². The molecule has 0 aliphatic heterocycles. The number of ketones is 1. The predicted octanol–water partition coefficient (Wildman–Crippen LogP) is 1.36. The standard InChI is InChI=1S/C12H15BrN2O2/c1-9(16)15-6-5-14-8-12(17)10-3-2-4-11(13)7-10/h2-4,7,14H,5-6,8H2,1H3,(H,15,16). The van der Waals surface area contributed by atoms with Crippen molar-refractivity contribution in [2.45, 2.75) is 6.92 Å². The lowest BCUT2D eigenvalue weighted by Crippen LogP contribution is -2.32. The molecule has 0 fully saturated rings. The number of hydrogen-bond acceptors (Lipinski definition) is 3. The van der Waals surface area contributed by atoms with E-state index in [1.54, 1.807) is 12.1 Å². The Balaban J connectivity index is 2.28. The SMILES string of the molecule is CC(=O)NCCNCC(=O)c1cccc(Br)c1. The summed E-state index contributed by atoms with van der Waals surface area (Å²) in [6.07, 6.45) is 0. The molecule has 0 saturated carbocycles. The van der Waals surface area contributed by atoms with Gasteiger partial charge in [-0.05, 0) is 12.1 Å². The molecule has 2 N–H and O–H groups in total. The minimum atomic E-state index is -0.0647. The van der Waals surface area contributed by atoms with Gasteiger partial charge in [-0.1, -0.05) is 28.1 Å². The lowest BCUT2D eigenvalue weighted by atomic mass is 10.1. The largest absolute Gasteiger partial charge is 0.355 e. The lowest BCUT2D eigenvalue weighted by molar-refractivity contribution is -0.118. The van der Waals surface area contributed by atoms with Gasteiger partial charge in [0.05, 0.1) is 6.54 Å². The maximum atomic E-state index is 11.7. The molecule has 0 aromatic heterocycles. The van der Waals surface area contributed by atoms with Crippen LogP contribution < -0.4 is 10.6 Å². The first-order chi connectivity index (χ1) is 8.09. The molecule has 0 atom stereocenters. The van der Waals surface area contributed by atoms with Crippen LogP contribution in [0.15, 0.2) is 28.7 Å². The normalized spacial score (nSPS) is 10.0. The van der Waals surface area contributed by atoms with Crippen molar-refractivity contribution in [2.24, 2.45) is 0 Å². The maximum absolute atomic E-state index is 11.7. The van der Waals surface area contributed by atoms with Gasteiger partial charge < -0.3 is 10.6 Å². The average Bonchev–Trinajstić information content (AvgIpc) is 2.28. The van der Waals surface area contributed by atoms with Crippen LogP contribution in [-0.2, 0) is 4.79 Å². The zero-order chi connectivity index (χ0) is 12.7. The summed E-state index contributed by atoms with van der Waals surface area (Å²) in [7, 11) is 0. The fourth-order valence-corrected chi connectivity index (χ4v) is 1.69. The maximum Gasteiger partial charge on any atom is 0.216 e. The molecule has 0 saturated heterocycles. The van der Waals surface area contributed by atoms with Gasteiger partial charge >= 0.3 is 0 Å². The molecule has 0 aliphatic rings. The fourth-order valence-electron chi connectivity index (χ4n) is 1.29. The van der Waals surface area contributed by atoms with E-state index in [1.807, 2.05) is 12.1 Å². The molecule has 1 amide bonds. The Morgan fingerprint density at radius 2 is 2.06 bits per heavy atom. The number of amides is 1. The highest BCUT2D eigenvalue weighted by Crippen LogP contribution is 2.11. The third-order valence-corrected chi connectivity index (χ3v) is 2.60. The molecular formula is C12H15BrN2O2. The second-order valence-corrected chi connectivity index (χ2v) is 4.51. The highest BCUT2D eigenvalue weighted by Gasteiger charge is 2.04. The van der Waals surface area contributed by atoms with E-state index in [0.29, 0.717) is 18.7 Å². The number of halogens is 1. The van der Waals surface area contributed by atoms with Gasteiger partial charge in [0.2, 0.25) is 5.91 Å². The highest BCUT2D eigenvalue weighted by molar-refractivity contribution is 9.10. The fraction of sp³-hybridized carbons (Fsp3) is 0.333. The Morgan fingerprint density at radius 3 is 2.71 bits per heavy atom. The average molecular weight is 299 g/mol. The first-order valence-corrected chi connectivity index (χ1v) is 6.13. The zero-order valence-electron chi connectivity index (χ0n) is 9.63. The minimum absolute atomic E-state index is 0.0362. The summed E-state index contributed by atoms with van der Waals surface area (Å²) in [5.74, 6) is -0.0285. The number of Topliss-reactive ketones (excluding diaryl/α,β-unsaturated/α-hetero) is 1. The van der Waals surface area contributed by atoms with E-state index in [0.717, 1.165) is 4.47 Å². The van der Waals surface area contributed by atoms with E-state index < -0.39 is 0 Å². The Kier molecular flexibility index (Phi) is 5.86. The van der Waals surface area contributed by atoms with Crippen LogP contribution in [0.1, 0.15) is 17.3 Å². The molecule has 0 aliphatic carbocycles. The molecule has 0 bridgehead atoms. The Labute approximate surface area is 109 Å². The molecule has 5 heteroatoms. The molecule has 0 unspecified atom stereocenters. The van der Waals surface area contributed by atoms with E-state index in [4.69, 9.17) is 0 Å². The van der Waals surface area contributed by atoms with Crippen LogP contribution in [0, 0.1) is 0 Å². The second kappa shape index (κ2) is 7.19. The number of nitrogens with one attached hydrogen (secondary N) is 2. The molecule has 17 heavy (non-hydrogen) atoms. The number of carbonyl (C=O) groups is 2. The van der Waals surface area contributed by atoms with Crippen molar-refractivity contribution in [1.29, 1.82) is 0 Å². The van der Waals surface area contributed by atoms with Gasteiger partial charge in [0, 0.05) is 30.0 Å². The molecule has 0 spiro atoms. The number of benzene rings is 1. The Bertz CT molecular complexity index is 407. The van der Waals surface area contributed by atoms with Crippen molar-refractivity contribution >= 4 is 27.6 Å². The van der Waals surface area contributed by atoms with Crippen molar-refractivity contribution < 1.29 is 9.59 Å². The predicted molar refractivity (Wildman–Crippen MR) is 70.0 cm³/mol. The van der Waals surface area contributed by atoms with E-state index >= 15 is 0 Å². The summed E-state index contributed by atoms with van der Waals surface area (Å²) in [5.41, 5.74) is 0.673. The van der Waals surface area contributed by atoms with Crippen LogP contribution in [0.3, 0.4) is 0 Å². The molecule has 0 heterocycles. The third-order valence-electron chi connectivity index (χ3n) is 2.11. The van der Waals surface area contributed by atoms with Gasteiger partial charge in [-0.15, -0.1) is 0 Å². The molecule has 4 nitrogen and oxygen atoms in total. The summed E-state index contributed by atoms with van der Waals surface area (Å²) in [5, 5.41) is 5.63. The molecule has 1 aromatic carbocycles. The lowest BCUT2D eigenvalue weighted by Gasteiger charge is -2.05. The van der Waals surface area contributed by atoms with Gasteiger partial charge in [-0.25, -0.2) is 0 Å². The molecule has 92 valence electrons. The van der Waals surface area contributed by atoms with E-state index in [1.165, 1.54) is 6.92 Å². The monoisotopic (exact) mass is 298 g/mol. The van der Waals surface area contributed by atoms with Crippen LogP contribution in [0.25, 0.3) is 0 Å². The minimum Gasteiger partial charge on any atom is -0.355 e. The summed E-state index contributed by atoms with van der Waals surface area (Å²) >= 11 is 3.32. The Hall–Kier alpha value is -1.20. The van der Waals surface area contributed by atoms with E-state index in [2.05, 4.69) is 26.6 Å². The van der Waals surface area contributed by atoms with Crippen molar-refractivity contribution in [2.75, 3.05) is 19.6 Å². The summed E-state index contributed by atoms with van der Waals surface area (Å²) < 4.78 is 0.890. The van der Waals surface area contributed by atoms with Crippen LogP contribution in [0.4, 0.5) is 0 Å². The Morgan fingerprint density at radius 1 is 1.29 bits per heavy atom. The van der Waals surface area contributed by atoms with E-state index in [9.17, 15) is 9.59 Å². The van der Waals surface area contributed by atoms with Crippen molar-refractivity contribution in [3.8, 4) is 0 Å². The van der Waals surface area contributed by atoms with Crippen molar-refractivity contribution in [1.82, 2.24) is 10.6 Å². The molecule has 0 radical (unpaired) electrons. The van der Waals surface area contributed by atoms with Crippen LogP contribution >= 0.6 is 15.9 Å². The van der Waals surface area contributed by atoms with Crippen LogP contribution in [0.5, 0.6) is 0 Å². The summed E-state index contributed by atoms with van der Waals surface area (Å²) in [6, 6.07) is 7.27. The van der Waals surface area contributed by atoms with Gasteiger partial charge in [0.25, 0.3) is 0 Å². The molecular weight excluding hydrogens is 284 g/mol. The number of rotatable bonds is 6. The summed E-state index contributed by atoms with van der Waals surface area (Å²) in [4.78, 5) is 22.3. The van der Waals surface area contributed by atoms with Crippen molar-refractivity contribution in [3.63, 3.8) is 0 Å². The quantitative estimate of drug-likeness (QED) is 0.616. The highest BCUT2D eigenvalue weighted by atomic mass is 79.9. The molecule has 1 aromatic rings. The molecule has 1 rings (SSSR count). The smallest absolute Gasteiger partial charge is 0.216 e. The zero-order valence-corrected chi connectivity index (χ0v) is 11.2. The van der Waals surface area contributed by atoms with Gasteiger partial charge in [0.1, 0.15) is 0 Å². The van der Waals surface area contributed by atoms with Gasteiger partial charge in [0.15, 0.2) is 5.78 Å². The number of carbonyl (C=O) groups excluding carboxylic acids is 2. The van der Waals surface area contributed by atoms with Gasteiger partial charge in [-0.2, -0.15) is 0 Å². The topological polar surface area (TPSA) is 58.2 Å². The second-order valence-electron chi connectivity index (χ2n) is 3.59. The van der Waals surface area contributed by atoms with Crippen LogP contribution in [0.2, 0.25) is 0 Å². The number of hydrogen-bond donors (Lipinski definition) is 2. The first-order valence-electron chi connectivity index (χ1n) is 5.33. The third kappa shape index (κ3) is 5.60. The first kappa shape index (κ1) is 13.9.